The Hall–Kier alpha value is -3.16. The molecule has 8 heteroatoms. The fraction of sp³-hybridized carbons (Fsp3) is 0.360. The molecular weight excluding hydrogens is 438 g/mol. The van der Waals surface area contributed by atoms with Crippen molar-refractivity contribution in [2.45, 2.75) is 45.8 Å². The molecule has 0 saturated carbocycles. The van der Waals surface area contributed by atoms with Crippen LogP contribution < -0.4 is 0 Å². The number of rotatable bonds is 6. The Labute approximate surface area is 189 Å². The minimum atomic E-state index is -4.65. The number of benzene rings is 2. The number of nitrogens with zero attached hydrogens (tertiary/aromatic N) is 1. The van der Waals surface area contributed by atoms with Crippen molar-refractivity contribution in [3.8, 4) is 0 Å². The van der Waals surface area contributed by atoms with Gasteiger partial charge in [-0.3, -0.25) is 4.79 Å². The van der Waals surface area contributed by atoms with Crippen LogP contribution >= 0.6 is 0 Å². The van der Waals surface area contributed by atoms with Crippen molar-refractivity contribution in [2.24, 2.45) is 5.92 Å². The van der Waals surface area contributed by atoms with Gasteiger partial charge in [0.15, 0.2) is 0 Å². The lowest BCUT2D eigenvalue weighted by Crippen LogP contribution is -2.38. The van der Waals surface area contributed by atoms with Gasteiger partial charge < -0.3 is 9.64 Å². The zero-order chi connectivity index (χ0) is 24.3. The number of esters is 1. The first kappa shape index (κ1) is 24.5. The molecule has 1 aliphatic rings. The van der Waals surface area contributed by atoms with Crippen LogP contribution in [0.15, 0.2) is 59.8 Å². The number of halogens is 4. The molecule has 176 valence electrons. The van der Waals surface area contributed by atoms with Gasteiger partial charge in [-0.15, -0.1) is 0 Å². The van der Waals surface area contributed by atoms with Crippen molar-refractivity contribution in [3.05, 3.63) is 82.3 Å². The summed E-state index contributed by atoms with van der Waals surface area (Å²) in [5, 5.41) is 0. The monoisotopic (exact) mass is 463 g/mol. The molecule has 0 aliphatic carbocycles. The van der Waals surface area contributed by atoms with Crippen molar-refractivity contribution in [1.82, 2.24) is 4.90 Å². The number of hydrogen-bond donors (Lipinski definition) is 0. The highest BCUT2D eigenvalue weighted by Gasteiger charge is 2.42. The Bertz CT molecular complexity index is 1080. The van der Waals surface area contributed by atoms with Crippen molar-refractivity contribution in [3.63, 3.8) is 0 Å². The Kier molecular flexibility index (Phi) is 7.25. The largest absolute Gasteiger partial charge is 0.462 e. The number of amides is 1. The standard InChI is InChI=1S/C25H25F4NO3/c1-15(2)14-33-24(32)23-16(3)30(13-17-7-6-8-18(26)11-17)22(31)12-20(23)19-9-4-5-10-21(19)25(27,28)29/h4-11,15,20H,12-14H2,1-3H3. The van der Waals surface area contributed by atoms with Gasteiger partial charge in [-0.1, -0.05) is 44.2 Å². The Balaban J connectivity index is 2.10. The molecule has 0 saturated heterocycles. The van der Waals surface area contributed by atoms with Gasteiger partial charge in [0.1, 0.15) is 5.82 Å². The number of hydrogen-bond acceptors (Lipinski definition) is 3. The topological polar surface area (TPSA) is 46.6 Å². The zero-order valence-electron chi connectivity index (χ0n) is 18.6. The molecule has 1 heterocycles. The van der Waals surface area contributed by atoms with E-state index >= 15 is 0 Å². The van der Waals surface area contributed by atoms with E-state index in [1.165, 1.54) is 48.2 Å². The smallest absolute Gasteiger partial charge is 0.416 e. The van der Waals surface area contributed by atoms with E-state index in [1.807, 2.05) is 13.8 Å². The summed E-state index contributed by atoms with van der Waals surface area (Å²) in [5.74, 6) is -2.80. The molecule has 2 aromatic rings. The second-order valence-electron chi connectivity index (χ2n) is 8.44. The number of carbonyl (C=O) groups is 2. The fourth-order valence-corrected chi connectivity index (χ4v) is 3.93. The van der Waals surface area contributed by atoms with E-state index in [-0.39, 0.29) is 42.3 Å². The maximum absolute atomic E-state index is 13.7. The number of alkyl halides is 3. The molecule has 2 aromatic carbocycles. The molecule has 4 nitrogen and oxygen atoms in total. The molecule has 0 fully saturated rings. The molecule has 1 amide bonds. The van der Waals surface area contributed by atoms with Gasteiger partial charge in [-0.05, 0) is 42.2 Å². The summed E-state index contributed by atoms with van der Waals surface area (Å²) in [7, 11) is 0. The average Bonchev–Trinajstić information content (AvgIpc) is 2.74. The summed E-state index contributed by atoms with van der Waals surface area (Å²) >= 11 is 0. The van der Waals surface area contributed by atoms with Crippen molar-refractivity contribution < 1.29 is 31.9 Å². The van der Waals surface area contributed by atoms with E-state index in [4.69, 9.17) is 4.74 Å². The molecule has 0 bridgehead atoms. The van der Waals surface area contributed by atoms with E-state index in [1.54, 1.807) is 6.07 Å². The summed E-state index contributed by atoms with van der Waals surface area (Å²) in [4.78, 5) is 27.4. The zero-order valence-corrected chi connectivity index (χ0v) is 18.6. The van der Waals surface area contributed by atoms with Crippen LogP contribution in [-0.4, -0.2) is 23.4 Å². The molecule has 0 aromatic heterocycles. The summed E-state index contributed by atoms with van der Waals surface area (Å²) in [5.41, 5.74) is -0.357. The summed E-state index contributed by atoms with van der Waals surface area (Å²) in [6.45, 7) is 5.25. The molecule has 1 atom stereocenters. The van der Waals surface area contributed by atoms with Gasteiger partial charge in [0, 0.05) is 18.0 Å². The number of carbonyl (C=O) groups excluding carboxylic acids is 2. The van der Waals surface area contributed by atoms with Gasteiger partial charge >= 0.3 is 12.1 Å². The molecule has 0 N–H and O–H groups in total. The van der Waals surface area contributed by atoms with E-state index in [0.717, 1.165) is 6.07 Å². The summed E-state index contributed by atoms with van der Waals surface area (Å²) in [6.07, 6.45) is -4.99. The molecule has 1 unspecified atom stereocenters. The maximum Gasteiger partial charge on any atom is 0.416 e. The SMILES string of the molecule is CC1=C(C(=O)OCC(C)C)C(c2ccccc2C(F)(F)F)CC(=O)N1Cc1cccc(F)c1. The third-order valence-corrected chi connectivity index (χ3v) is 5.46. The van der Waals surface area contributed by atoms with Gasteiger partial charge in [0.05, 0.1) is 24.3 Å². The van der Waals surface area contributed by atoms with E-state index in [2.05, 4.69) is 0 Å². The van der Waals surface area contributed by atoms with Crippen molar-refractivity contribution in [2.75, 3.05) is 6.61 Å². The third kappa shape index (κ3) is 5.61. The van der Waals surface area contributed by atoms with Crippen molar-refractivity contribution >= 4 is 11.9 Å². The number of allylic oxidation sites excluding steroid dienone is 1. The quantitative estimate of drug-likeness (QED) is 0.400. The number of ether oxygens (including phenoxy) is 1. The second-order valence-corrected chi connectivity index (χ2v) is 8.44. The van der Waals surface area contributed by atoms with Gasteiger partial charge in [0.25, 0.3) is 0 Å². The van der Waals surface area contributed by atoms with Crippen molar-refractivity contribution in [1.29, 1.82) is 0 Å². The van der Waals surface area contributed by atoms with Gasteiger partial charge in [-0.25, -0.2) is 9.18 Å². The molecule has 0 spiro atoms. The third-order valence-electron chi connectivity index (χ3n) is 5.46. The summed E-state index contributed by atoms with van der Waals surface area (Å²) < 4.78 is 60.2. The molecule has 0 radical (unpaired) electrons. The van der Waals surface area contributed by atoms with Gasteiger partial charge in [0.2, 0.25) is 5.91 Å². The lowest BCUT2D eigenvalue weighted by atomic mass is 9.81. The van der Waals surface area contributed by atoms with Crippen LogP contribution in [-0.2, 0) is 27.0 Å². The lowest BCUT2D eigenvalue weighted by Gasteiger charge is -2.35. The lowest BCUT2D eigenvalue weighted by molar-refractivity contribution is -0.143. The molecule has 1 aliphatic heterocycles. The second kappa shape index (κ2) is 9.77. The first-order valence-corrected chi connectivity index (χ1v) is 10.6. The predicted molar refractivity (Wildman–Crippen MR) is 114 cm³/mol. The minimum absolute atomic E-state index is 0.00310. The highest BCUT2D eigenvalue weighted by atomic mass is 19.4. The average molecular weight is 463 g/mol. The Morgan fingerprint density at radius 3 is 2.48 bits per heavy atom. The molecule has 3 rings (SSSR count). The minimum Gasteiger partial charge on any atom is -0.462 e. The Morgan fingerprint density at radius 1 is 1.15 bits per heavy atom. The van der Waals surface area contributed by atoms with Crippen LogP contribution in [0.5, 0.6) is 0 Å². The van der Waals surface area contributed by atoms with Gasteiger partial charge in [-0.2, -0.15) is 13.2 Å². The normalized spacial score (nSPS) is 17.0. The van der Waals surface area contributed by atoms with Crippen LogP contribution in [0.1, 0.15) is 49.8 Å². The Morgan fingerprint density at radius 2 is 1.85 bits per heavy atom. The first-order chi connectivity index (χ1) is 15.5. The predicted octanol–water partition coefficient (Wildman–Crippen LogP) is 5.83. The van der Waals surface area contributed by atoms with E-state index in [0.29, 0.717) is 5.56 Å². The maximum atomic E-state index is 13.7. The van der Waals surface area contributed by atoms with Crippen LogP contribution in [0.3, 0.4) is 0 Å². The molecule has 33 heavy (non-hydrogen) atoms. The highest BCUT2D eigenvalue weighted by Crippen LogP contribution is 2.43. The van der Waals surface area contributed by atoms with Crippen LogP contribution in [0.2, 0.25) is 0 Å². The molecular formula is C25H25F4NO3. The van der Waals surface area contributed by atoms with E-state index < -0.39 is 35.4 Å². The van der Waals surface area contributed by atoms with Crippen LogP contribution in [0.25, 0.3) is 0 Å². The van der Waals surface area contributed by atoms with Crippen LogP contribution in [0, 0.1) is 11.7 Å². The first-order valence-electron chi connectivity index (χ1n) is 10.6. The summed E-state index contributed by atoms with van der Waals surface area (Å²) in [6, 6.07) is 10.6. The fourth-order valence-electron chi connectivity index (χ4n) is 3.93. The van der Waals surface area contributed by atoms with E-state index in [9.17, 15) is 27.2 Å². The highest BCUT2D eigenvalue weighted by molar-refractivity contribution is 5.96. The van der Waals surface area contributed by atoms with Crippen LogP contribution in [0.4, 0.5) is 17.6 Å².